The van der Waals surface area contributed by atoms with E-state index in [1.165, 1.54) is 14.2 Å². The van der Waals surface area contributed by atoms with E-state index in [1.54, 1.807) is 25.1 Å². The number of anilines is 2. The largest absolute Gasteiger partial charge is 0.495 e. The third kappa shape index (κ3) is 2.87. The van der Waals surface area contributed by atoms with Gasteiger partial charge in [0.2, 0.25) is 0 Å². The molecule has 16 heavy (non-hydrogen) atoms. The van der Waals surface area contributed by atoms with Gasteiger partial charge >= 0.3 is 0 Å². The minimum atomic E-state index is -0.497. The van der Waals surface area contributed by atoms with Crippen LogP contribution in [0, 0.1) is 0 Å². The standard InChI is InChI=1S/C11H16N2O3/c1-7(15-2)11(14)13-8-4-5-9(12)10(6-8)16-3/h4-7H,12H2,1-3H3,(H,13,14). The number of ether oxygens (including phenoxy) is 2. The zero-order valence-electron chi connectivity index (χ0n) is 9.61. The summed E-state index contributed by atoms with van der Waals surface area (Å²) in [4.78, 5) is 11.5. The lowest BCUT2D eigenvalue weighted by Gasteiger charge is -2.12. The Kier molecular flexibility index (Phi) is 4.13. The maximum atomic E-state index is 11.5. The van der Waals surface area contributed by atoms with E-state index >= 15 is 0 Å². The second-order valence-electron chi connectivity index (χ2n) is 3.32. The molecular formula is C11H16N2O3. The number of amides is 1. The molecule has 0 bridgehead atoms. The van der Waals surface area contributed by atoms with Crippen molar-refractivity contribution in [3.8, 4) is 5.75 Å². The van der Waals surface area contributed by atoms with E-state index in [4.69, 9.17) is 15.2 Å². The molecule has 0 aliphatic rings. The van der Waals surface area contributed by atoms with Gasteiger partial charge in [-0.05, 0) is 19.1 Å². The fourth-order valence-corrected chi connectivity index (χ4v) is 1.14. The highest BCUT2D eigenvalue weighted by Crippen LogP contribution is 2.24. The number of benzene rings is 1. The van der Waals surface area contributed by atoms with Gasteiger partial charge in [-0.1, -0.05) is 0 Å². The van der Waals surface area contributed by atoms with E-state index in [-0.39, 0.29) is 5.91 Å². The molecule has 0 aromatic heterocycles. The summed E-state index contributed by atoms with van der Waals surface area (Å²) in [6.45, 7) is 1.67. The summed E-state index contributed by atoms with van der Waals surface area (Å²) in [5, 5.41) is 2.70. The molecule has 1 aromatic rings. The molecule has 1 atom stereocenters. The Labute approximate surface area is 94.5 Å². The molecule has 0 aliphatic carbocycles. The zero-order chi connectivity index (χ0) is 12.1. The van der Waals surface area contributed by atoms with Crippen LogP contribution in [0.2, 0.25) is 0 Å². The average molecular weight is 224 g/mol. The van der Waals surface area contributed by atoms with Crippen LogP contribution in [0.4, 0.5) is 11.4 Å². The first kappa shape index (κ1) is 12.3. The van der Waals surface area contributed by atoms with Crippen LogP contribution in [0.5, 0.6) is 5.75 Å². The van der Waals surface area contributed by atoms with Crippen molar-refractivity contribution in [2.75, 3.05) is 25.3 Å². The summed E-state index contributed by atoms with van der Waals surface area (Å²) in [5.74, 6) is 0.317. The van der Waals surface area contributed by atoms with Crippen LogP contribution in [-0.2, 0) is 9.53 Å². The zero-order valence-corrected chi connectivity index (χ0v) is 9.61. The van der Waals surface area contributed by atoms with E-state index in [0.29, 0.717) is 17.1 Å². The van der Waals surface area contributed by atoms with Crippen LogP contribution in [0.15, 0.2) is 18.2 Å². The van der Waals surface area contributed by atoms with E-state index in [9.17, 15) is 4.79 Å². The van der Waals surface area contributed by atoms with E-state index in [2.05, 4.69) is 5.32 Å². The summed E-state index contributed by atoms with van der Waals surface area (Å²) in [5.41, 5.74) is 6.81. The molecule has 1 unspecified atom stereocenters. The topological polar surface area (TPSA) is 73.6 Å². The number of rotatable bonds is 4. The highest BCUT2D eigenvalue weighted by Gasteiger charge is 2.12. The third-order valence-corrected chi connectivity index (χ3v) is 2.22. The highest BCUT2D eigenvalue weighted by molar-refractivity contribution is 5.94. The van der Waals surface area contributed by atoms with Crippen LogP contribution >= 0.6 is 0 Å². The van der Waals surface area contributed by atoms with Gasteiger partial charge in [-0.3, -0.25) is 4.79 Å². The van der Waals surface area contributed by atoms with Crippen molar-refractivity contribution in [3.05, 3.63) is 18.2 Å². The van der Waals surface area contributed by atoms with Crippen LogP contribution < -0.4 is 15.8 Å². The number of nitrogens with two attached hydrogens (primary N) is 1. The lowest BCUT2D eigenvalue weighted by atomic mass is 10.2. The van der Waals surface area contributed by atoms with Crippen molar-refractivity contribution < 1.29 is 14.3 Å². The Morgan fingerprint density at radius 2 is 2.12 bits per heavy atom. The van der Waals surface area contributed by atoms with Crippen LogP contribution in [0.3, 0.4) is 0 Å². The van der Waals surface area contributed by atoms with E-state index in [0.717, 1.165) is 0 Å². The lowest BCUT2D eigenvalue weighted by Crippen LogP contribution is -2.26. The molecule has 0 spiro atoms. The van der Waals surface area contributed by atoms with Crippen LogP contribution in [-0.4, -0.2) is 26.2 Å². The second kappa shape index (κ2) is 5.37. The van der Waals surface area contributed by atoms with Crippen molar-refractivity contribution in [2.24, 2.45) is 0 Å². The van der Waals surface area contributed by atoms with Crippen molar-refractivity contribution in [1.29, 1.82) is 0 Å². The first-order valence-corrected chi connectivity index (χ1v) is 4.85. The molecule has 1 aromatic carbocycles. The fraction of sp³-hybridized carbons (Fsp3) is 0.364. The molecule has 0 saturated carbocycles. The van der Waals surface area contributed by atoms with Crippen molar-refractivity contribution >= 4 is 17.3 Å². The molecule has 5 nitrogen and oxygen atoms in total. The van der Waals surface area contributed by atoms with Crippen LogP contribution in [0.1, 0.15) is 6.92 Å². The number of nitrogen functional groups attached to an aromatic ring is 1. The predicted octanol–water partition coefficient (Wildman–Crippen LogP) is 1.25. The smallest absolute Gasteiger partial charge is 0.253 e. The van der Waals surface area contributed by atoms with Gasteiger partial charge in [0.25, 0.3) is 5.91 Å². The lowest BCUT2D eigenvalue weighted by molar-refractivity contribution is -0.124. The first-order chi connectivity index (χ1) is 7.58. The molecule has 0 aliphatic heterocycles. The molecule has 0 heterocycles. The summed E-state index contributed by atoms with van der Waals surface area (Å²) >= 11 is 0. The van der Waals surface area contributed by atoms with Crippen LogP contribution in [0.25, 0.3) is 0 Å². The summed E-state index contributed by atoms with van der Waals surface area (Å²) in [6, 6.07) is 5.04. The van der Waals surface area contributed by atoms with Gasteiger partial charge in [0.05, 0.1) is 12.8 Å². The minimum Gasteiger partial charge on any atom is -0.495 e. The van der Waals surface area contributed by atoms with Gasteiger partial charge in [0.1, 0.15) is 11.9 Å². The number of hydrogen-bond donors (Lipinski definition) is 2. The Bertz CT molecular complexity index is 379. The highest BCUT2D eigenvalue weighted by atomic mass is 16.5. The van der Waals surface area contributed by atoms with Crippen molar-refractivity contribution in [3.63, 3.8) is 0 Å². The summed E-state index contributed by atoms with van der Waals surface area (Å²) in [7, 11) is 3.00. The molecule has 1 rings (SSSR count). The second-order valence-corrected chi connectivity index (χ2v) is 3.32. The fourth-order valence-electron chi connectivity index (χ4n) is 1.14. The Morgan fingerprint density at radius 3 is 2.69 bits per heavy atom. The number of carbonyl (C=O) groups is 1. The Morgan fingerprint density at radius 1 is 1.44 bits per heavy atom. The predicted molar refractivity (Wildman–Crippen MR) is 62.5 cm³/mol. The summed E-state index contributed by atoms with van der Waals surface area (Å²) in [6.07, 6.45) is -0.497. The first-order valence-electron chi connectivity index (χ1n) is 4.85. The maximum absolute atomic E-state index is 11.5. The van der Waals surface area contributed by atoms with E-state index in [1.807, 2.05) is 0 Å². The van der Waals surface area contributed by atoms with Crippen molar-refractivity contribution in [2.45, 2.75) is 13.0 Å². The quantitative estimate of drug-likeness (QED) is 0.755. The molecular weight excluding hydrogens is 208 g/mol. The molecule has 0 saturated heterocycles. The van der Waals surface area contributed by atoms with Gasteiger partial charge in [-0.15, -0.1) is 0 Å². The summed E-state index contributed by atoms with van der Waals surface area (Å²) < 4.78 is 9.94. The average Bonchev–Trinajstić information content (AvgIpc) is 2.30. The number of methoxy groups -OCH3 is 2. The maximum Gasteiger partial charge on any atom is 0.253 e. The Balaban J connectivity index is 2.78. The number of hydrogen-bond acceptors (Lipinski definition) is 4. The number of nitrogens with one attached hydrogen (secondary N) is 1. The Hall–Kier alpha value is -1.75. The molecule has 88 valence electrons. The normalized spacial score (nSPS) is 11.9. The third-order valence-electron chi connectivity index (χ3n) is 2.22. The van der Waals surface area contributed by atoms with Gasteiger partial charge < -0.3 is 20.5 Å². The number of carbonyl (C=O) groups excluding carboxylic acids is 1. The monoisotopic (exact) mass is 224 g/mol. The molecule has 3 N–H and O–H groups in total. The van der Waals surface area contributed by atoms with Gasteiger partial charge in [0.15, 0.2) is 0 Å². The van der Waals surface area contributed by atoms with Gasteiger partial charge in [-0.2, -0.15) is 0 Å². The van der Waals surface area contributed by atoms with Gasteiger partial charge in [0, 0.05) is 18.9 Å². The molecule has 5 heteroatoms. The molecule has 0 fully saturated rings. The van der Waals surface area contributed by atoms with Gasteiger partial charge in [-0.25, -0.2) is 0 Å². The SMILES string of the molecule is COc1cc(NC(=O)C(C)OC)ccc1N. The minimum absolute atomic E-state index is 0.214. The molecule has 1 amide bonds. The molecule has 0 radical (unpaired) electrons. The van der Waals surface area contributed by atoms with E-state index < -0.39 is 6.10 Å². The van der Waals surface area contributed by atoms with Crippen molar-refractivity contribution in [1.82, 2.24) is 0 Å².